The molecule has 0 bridgehead atoms. The first-order valence-electron chi connectivity index (χ1n) is 7.44. The number of carbonyl (C=O) groups is 1. The van der Waals surface area contributed by atoms with Gasteiger partial charge in [0.05, 0.1) is 13.7 Å². The lowest BCUT2D eigenvalue weighted by Gasteiger charge is -2.26. The molecule has 1 unspecified atom stereocenters. The predicted octanol–water partition coefficient (Wildman–Crippen LogP) is 1.47. The molecule has 5 heteroatoms. The zero-order valence-corrected chi connectivity index (χ0v) is 13.1. The van der Waals surface area contributed by atoms with E-state index in [4.69, 9.17) is 4.74 Å². The Labute approximate surface area is 126 Å². The van der Waals surface area contributed by atoms with Crippen molar-refractivity contribution in [3.8, 4) is 5.75 Å². The van der Waals surface area contributed by atoms with Crippen molar-refractivity contribution in [3.63, 3.8) is 0 Å². The summed E-state index contributed by atoms with van der Waals surface area (Å²) < 4.78 is 5.41. The summed E-state index contributed by atoms with van der Waals surface area (Å²) >= 11 is 0. The Bertz CT molecular complexity index is 476. The molecule has 1 aliphatic rings. The highest BCUT2D eigenvalue weighted by molar-refractivity contribution is 5.81. The van der Waals surface area contributed by atoms with Gasteiger partial charge < -0.3 is 14.5 Å². The van der Waals surface area contributed by atoms with Gasteiger partial charge in [0.2, 0.25) is 5.91 Å². The van der Waals surface area contributed by atoms with Gasteiger partial charge in [0.1, 0.15) is 11.9 Å². The molecular weight excluding hydrogens is 266 g/mol. The SMILES string of the molecule is COc1ccccc1C1NCC(=O)N1CCCCN(C)C. The fourth-order valence-corrected chi connectivity index (χ4v) is 2.67. The summed E-state index contributed by atoms with van der Waals surface area (Å²) in [5.41, 5.74) is 1.03. The van der Waals surface area contributed by atoms with Gasteiger partial charge in [-0.3, -0.25) is 10.1 Å². The van der Waals surface area contributed by atoms with Crippen LogP contribution in [-0.2, 0) is 4.79 Å². The maximum Gasteiger partial charge on any atom is 0.238 e. The second-order valence-electron chi connectivity index (χ2n) is 5.62. The molecule has 21 heavy (non-hydrogen) atoms. The zero-order chi connectivity index (χ0) is 15.2. The molecule has 0 saturated carbocycles. The van der Waals surface area contributed by atoms with Gasteiger partial charge >= 0.3 is 0 Å². The number of hydrogen-bond donors (Lipinski definition) is 1. The minimum absolute atomic E-state index is 0.0759. The van der Waals surface area contributed by atoms with E-state index in [1.807, 2.05) is 29.2 Å². The Balaban J connectivity index is 2.02. The molecule has 5 nitrogen and oxygen atoms in total. The van der Waals surface area contributed by atoms with Crippen LogP contribution in [0.4, 0.5) is 0 Å². The van der Waals surface area contributed by atoms with Crippen LogP contribution in [-0.4, -0.2) is 56.5 Å². The number of carbonyl (C=O) groups excluding carboxylic acids is 1. The number of methoxy groups -OCH3 is 1. The molecule has 1 aliphatic heterocycles. The minimum Gasteiger partial charge on any atom is -0.496 e. The molecule has 1 heterocycles. The number of benzene rings is 1. The van der Waals surface area contributed by atoms with E-state index in [1.54, 1.807) is 7.11 Å². The number of nitrogens with one attached hydrogen (secondary N) is 1. The summed E-state index contributed by atoms with van der Waals surface area (Å²) in [6.45, 7) is 2.23. The van der Waals surface area contributed by atoms with Crippen molar-refractivity contribution >= 4 is 5.91 Å². The molecule has 1 N–H and O–H groups in total. The van der Waals surface area contributed by atoms with Gasteiger partial charge in [-0.15, -0.1) is 0 Å². The average molecular weight is 291 g/mol. The molecule has 0 aromatic heterocycles. The van der Waals surface area contributed by atoms with Crippen molar-refractivity contribution in [2.24, 2.45) is 0 Å². The quantitative estimate of drug-likeness (QED) is 0.773. The number of amides is 1. The van der Waals surface area contributed by atoms with Crippen LogP contribution < -0.4 is 10.1 Å². The van der Waals surface area contributed by atoms with Crippen LogP contribution in [0.15, 0.2) is 24.3 Å². The largest absolute Gasteiger partial charge is 0.496 e. The van der Waals surface area contributed by atoms with Gasteiger partial charge in [0.15, 0.2) is 0 Å². The summed E-state index contributed by atoms with van der Waals surface area (Å²) in [5.74, 6) is 0.985. The molecule has 1 aromatic carbocycles. The van der Waals surface area contributed by atoms with E-state index in [1.165, 1.54) is 0 Å². The zero-order valence-electron chi connectivity index (χ0n) is 13.1. The van der Waals surface area contributed by atoms with Crippen LogP contribution >= 0.6 is 0 Å². The lowest BCUT2D eigenvalue weighted by atomic mass is 10.1. The molecule has 1 fully saturated rings. The molecule has 0 spiro atoms. The van der Waals surface area contributed by atoms with Crippen molar-refractivity contribution in [2.75, 3.05) is 40.8 Å². The smallest absolute Gasteiger partial charge is 0.238 e. The van der Waals surface area contributed by atoms with Crippen molar-refractivity contribution in [1.29, 1.82) is 0 Å². The van der Waals surface area contributed by atoms with E-state index in [0.29, 0.717) is 6.54 Å². The molecule has 1 saturated heterocycles. The maximum atomic E-state index is 12.1. The minimum atomic E-state index is -0.0759. The lowest BCUT2D eigenvalue weighted by molar-refractivity contribution is -0.128. The highest BCUT2D eigenvalue weighted by Crippen LogP contribution is 2.30. The predicted molar refractivity (Wildman–Crippen MR) is 83.2 cm³/mol. The summed E-state index contributed by atoms with van der Waals surface area (Å²) in [5, 5.41) is 3.28. The van der Waals surface area contributed by atoms with Gasteiger partial charge in [0, 0.05) is 12.1 Å². The van der Waals surface area contributed by atoms with E-state index in [2.05, 4.69) is 24.3 Å². The lowest BCUT2D eigenvalue weighted by Crippen LogP contribution is -2.31. The molecule has 2 rings (SSSR count). The number of hydrogen-bond acceptors (Lipinski definition) is 4. The first-order valence-corrected chi connectivity index (χ1v) is 7.44. The van der Waals surface area contributed by atoms with Crippen molar-refractivity contribution in [3.05, 3.63) is 29.8 Å². The first kappa shape index (κ1) is 15.8. The van der Waals surface area contributed by atoms with E-state index in [-0.39, 0.29) is 12.1 Å². The topological polar surface area (TPSA) is 44.8 Å². The fourth-order valence-electron chi connectivity index (χ4n) is 2.67. The summed E-state index contributed by atoms with van der Waals surface area (Å²) in [6, 6.07) is 7.87. The van der Waals surface area contributed by atoms with Crippen LogP contribution in [0.1, 0.15) is 24.6 Å². The fraction of sp³-hybridized carbons (Fsp3) is 0.562. The molecule has 1 atom stereocenters. The summed E-state index contributed by atoms with van der Waals surface area (Å²) in [6.07, 6.45) is 2.03. The van der Waals surface area contributed by atoms with Crippen LogP contribution in [0.25, 0.3) is 0 Å². The number of para-hydroxylation sites is 1. The summed E-state index contributed by atoms with van der Waals surface area (Å²) in [7, 11) is 5.80. The van der Waals surface area contributed by atoms with Gasteiger partial charge in [-0.1, -0.05) is 18.2 Å². The van der Waals surface area contributed by atoms with E-state index in [9.17, 15) is 4.79 Å². The molecule has 0 aliphatic carbocycles. The Morgan fingerprint density at radius 1 is 1.33 bits per heavy atom. The standard InChI is InChI=1S/C16H25N3O2/c1-18(2)10-6-7-11-19-15(20)12-17-16(19)13-8-4-5-9-14(13)21-3/h4-5,8-9,16-17H,6-7,10-12H2,1-3H3. The molecular formula is C16H25N3O2. The van der Waals surface area contributed by atoms with E-state index < -0.39 is 0 Å². The number of rotatable bonds is 7. The highest BCUT2D eigenvalue weighted by atomic mass is 16.5. The van der Waals surface area contributed by atoms with Crippen molar-refractivity contribution in [2.45, 2.75) is 19.0 Å². The van der Waals surface area contributed by atoms with Crippen LogP contribution in [0.2, 0.25) is 0 Å². The molecule has 0 radical (unpaired) electrons. The third kappa shape index (κ3) is 3.95. The molecule has 116 valence electrons. The Morgan fingerprint density at radius 2 is 2.10 bits per heavy atom. The van der Waals surface area contributed by atoms with Crippen LogP contribution in [0, 0.1) is 0 Å². The first-order chi connectivity index (χ1) is 10.1. The van der Waals surface area contributed by atoms with Gasteiger partial charge in [-0.25, -0.2) is 0 Å². The maximum absolute atomic E-state index is 12.1. The second-order valence-corrected chi connectivity index (χ2v) is 5.62. The third-order valence-electron chi connectivity index (χ3n) is 3.77. The number of ether oxygens (including phenoxy) is 1. The average Bonchev–Trinajstić information content (AvgIpc) is 2.84. The van der Waals surface area contributed by atoms with Crippen LogP contribution in [0.5, 0.6) is 5.75 Å². The van der Waals surface area contributed by atoms with Crippen molar-refractivity contribution < 1.29 is 9.53 Å². The Morgan fingerprint density at radius 3 is 2.81 bits per heavy atom. The highest BCUT2D eigenvalue weighted by Gasteiger charge is 2.32. The Kier molecular flexibility index (Phi) is 5.59. The number of nitrogens with zero attached hydrogens (tertiary/aromatic N) is 2. The van der Waals surface area contributed by atoms with E-state index >= 15 is 0 Å². The van der Waals surface area contributed by atoms with E-state index in [0.717, 1.165) is 37.2 Å². The number of unbranched alkanes of at least 4 members (excludes halogenated alkanes) is 1. The van der Waals surface area contributed by atoms with Crippen molar-refractivity contribution in [1.82, 2.24) is 15.1 Å². The monoisotopic (exact) mass is 291 g/mol. The van der Waals surface area contributed by atoms with Gasteiger partial charge in [-0.05, 0) is 39.5 Å². The normalized spacial score (nSPS) is 18.6. The van der Waals surface area contributed by atoms with Crippen LogP contribution in [0.3, 0.4) is 0 Å². The summed E-state index contributed by atoms with van der Waals surface area (Å²) in [4.78, 5) is 16.2. The molecule has 1 amide bonds. The second kappa shape index (κ2) is 7.43. The van der Waals surface area contributed by atoms with Gasteiger partial charge in [-0.2, -0.15) is 0 Å². The third-order valence-corrected chi connectivity index (χ3v) is 3.77. The van der Waals surface area contributed by atoms with Gasteiger partial charge in [0.25, 0.3) is 0 Å². The molecule has 1 aromatic rings. The Hall–Kier alpha value is -1.59.